The maximum atomic E-state index is 6.00. The van der Waals surface area contributed by atoms with E-state index in [0.29, 0.717) is 11.9 Å². The van der Waals surface area contributed by atoms with Crippen molar-refractivity contribution >= 4 is 17.3 Å². The molecule has 1 aromatic carbocycles. The predicted molar refractivity (Wildman–Crippen MR) is 71.2 cm³/mol. The minimum atomic E-state index is 0.606. The van der Waals surface area contributed by atoms with Gasteiger partial charge in [0.2, 0.25) is 0 Å². The van der Waals surface area contributed by atoms with Crippen LogP contribution in [0.1, 0.15) is 32.3 Å². The number of hydrogen-bond acceptors (Lipinski definition) is 1. The summed E-state index contributed by atoms with van der Waals surface area (Å²) in [5.74, 6) is 1.46. The van der Waals surface area contributed by atoms with Gasteiger partial charge >= 0.3 is 0 Å². The molecule has 0 bridgehead atoms. The Bertz CT molecular complexity index is 350. The largest absolute Gasteiger partial charge is 0.369 e. The zero-order chi connectivity index (χ0) is 11.5. The summed E-state index contributed by atoms with van der Waals surface area (Å²) in [6, 6.07) is 9.14. The van der Waals surface area contributed by atoms with E-state index in [2.05, 4.69) is 43.0 Å². The number of alkyl halides is 1. The molecule has 0 N–H and O–H groups in total. The number of benzene rings is 1. The number of nitrogens with zero attached hydrogens (tertiary/aromatic N) is 1. The molecule has 0 saturated carbocycles. The van der Waals surface area contributed by atoms with Gasteiger partial charge in [0, 0.05) is 24.2 Å². The monoisotopic (exact) mass is 237 g/mol. The topological polar surface area (TPSA) is 3.24 Å². The van der Waals surface area contributed by atoms with Crippen molar-refractivity contribution in [2.24, 2.45) is 5.92 Å². The van der Waals surface area contributed by atoms with Gasteiger partial charge in [0.25, 0.3) is 0 Å². The maximum Gasteiger partial charge on any atom is 0.0494 e. The average molecular weight is 238 g/mol. The number of para-hydroxylation sites is 1. The third-order valence-corrected chi connectivity index (χ3v) is 3.87. The van der Waals surface area contributed by atoms with Gasteiger partial charge in [-0.3, -0.25) is 0 Å². The molecule has 1 fully saturated rings. The zero-order valence-corrected chi connectivity index (χ0v) is 10.9. The van der Waals surface area contributed by atoms with Crippen molar-refractivity contribution in [3.63, 3.8) is 0 Å². The molecule has 1 aromatic rings. The highest BCUT2D eigenvalue weighted by molar-refractivity contribution is 6.17. The third-order valence-electron chi connectivity index (χ3n) is 3.58. The quantitative estimate of drug-likeness (QED) is 0.702. The Labute approximate surface area is 103 Å². The summed E-state index contributed by atoms with van der Waals surface area (Å²) < 4.78 is 0. The molecule has 0 aromatic heterocycles. The molecule has 1 saturated heterocycles. The van der Waals surface area contributed by atoms with Gasteiger partial charge in [-0.2, -0.15) is 0 Å². The Hall–Kier alpha value is -0.690. The van der Waals surface area contributed by atoms with Crippen LogP contribution < -0.4 is 4.90 Å². The molecule has 1 heterocycles. The molecule has 1 aliphatic heterocycles. The Morgan fingerprint density at radius 1 is 1.31 bits per heavy atom. The fraction of sp³-hybridized carbons (Fsp3) is 0.571. The first-order valence-electron chi connectivity index (χ1n) is 6.13. The van der Waals surface area contributed by atoms with Crippen LogP contribution in [0, 0.1) is 5.92 Å². The van der Waals surface area contributed by atoms with Crippen molar-refractivity contribution in [2.45, 2.75) is 38.6 Å². The van der Waals surface area contributed by atoms with E-state index >= 15 is 0 Å². The van der Waals surface area contributed by atoms with Crippen molar-refractivity contribution < 1.29 is 0 Å². The molecule has 2 rings (SSSR count). The van der Waals surface area contributed by atoms with Gasteiger partial charge in [-0.15, -0.1) is 11.6 Å². The van der Waals surface area contributed by atoms with Crippen molar-refractivity contribution in [3.05, 3.63) is 29.8 Å². The first-order chi connectivity index (χ1) is 7.72. The third kappa shape index (κ3) is 2.35. The van der Waals surface area contributed by atoms with Crippen molar-refractivity contribution in [3.8, 4) is 0 Å². The fourth-order valence-electron chi connectivity index (χ4n) is 2.67. The lowest BCUT2D eigenvalue weighted by molar-refractivity contribution is 0.377. The highest BCUT2D eigenvalue weighted by Crippen LogP contribution is 2.30. The van der Waals surface area contributed by atoms with E-state index in [1.807, 2.05) is 0 Å². The van der Waals surface area contributed by atoms with E-state index in [1.165, 1.54) is 24.1 Å². The van der Waals surface area contributed by atoms with Crippen LogP contribution >= 0.6 is 11.6 Å². The Balaban J connectivity index is 2.23. The molecular formula is C14H20ClN. The molecular weight excluding hydrogens is 218 g/mol. The summed E-state index contributed by atoms with van der Waals surface area (Å²) in [5, 5.41) is 0. The molecule has 0 spiro atoms. The number of rotatable bonds is 2. The van der Waals surface area contributed by atoms with Crippen LogP contribution in [-0.4, -0.2) is 12.6 Å². The molecule has 16 heavy (non-hydrogen) atoms. The number of halogens is 1. The molecule has 2 atom stereocenters. The minimum absolute atomic E-state index is 0.606. The SMILES string of the molecule is CC1CCN(c2ccccc2CCl)C(C)C1. The van der Waals surface area contributed by atoms with Gasteiger partial charge in [-0.1, -0.05) is 25.1 Å². The summed E-state index contributed by atoms with van der Waals surface area (Å²) in [7, 11) is 0. The van der Waals surface area contributed by atoms with Crippen LogP contribution in [0.25, 0.3) is 0 Å². The van der Waals surface area contributed by atoms with E-state index in [0.717, 1.165) is 12.5 Å². The Morgan fingerprint density at radius 3 is 2.75 bits per heavy atom. The average Bonchev–Trinajstić information content (AvgIpc) is 2.29. The fourth-order valence-corrected chi connectivity index (χ4v) is 2.90. The Morgan fingerprint density at radius 2 is 2.06 bits per heavy atom. The van der Waals surface area contributed by atoms with Crippen LogP contribution in [0.5, 0.6) is 0 Å². The lowest BCUT2D eigenvalue weighted by Crippen LogP contribution is -2.40. The number of hydrogen-bond donors (Lipinski definition) is 0. The van der Waals surface area contributed by atoms with Crippen LogP contribution in [0.15, 0.2) is 24.3 Å². The molecule has 1 aliphatic rings. The first-order valence-corrected chi connectivity index (χ1v) is 6.66. The van der Waals surface area contributed by atoms with E-state index in [-0.39, 0.29) is 0 Å². The highest BCUT2D eigenvalue weighted by Gasteiger charge is 2.24. The van der Waals surface area contributed by atoms with Gasteiger partial charge in [0.05, 0.1) is 0 Å². The smallest absolute Gasteiger partial charge is 0.0494 e. The van der Waals surface area contributed by atoms with Gasteiger partial charge in [0.15, 0.2) is 0 Å². The number of anilines is 1. The molecule has 0 amide bonds. The summed E-state index contributed by atoms with van der Waals surface area (Å²) >= 11 is 6.00. The van der Waals surface area contributed by atoms with Crippen molar-refractivity contribution in [2.75, 3.05) is 11.4 Å². The first kappa shape index (κ1) is 11.8. The minimum Gasteiger partial charge on any atom is -0.369 e. The van der Waals surface area contributed by atoms with E-state index < -0.39 is 0 Å². The van der Waals surface area contributed by atoms with Gasteiger partial charge in [-0.25, -0.2) is 0 Å². The highest BCUT2D eigenvalue weighted by atomic mass is 35.5. The number of piperidine rings is 1. The summed E-state index contributed by atoms with van der Waals surface area (Å²) in [4.78, 5) is 2.51. The van der Waals surface area contributed by atoms with Crippen LogP contribution in [0.4, 0.5) is 5.69 Å². The summed E-state index contributed by atoms with van der Waals surface area (Å²) in [6.45, 7) is 5.83. The van der Waals surface area contributed by atoms with Crippen LogP contribution in [0.3, 0.4) is 0 Å². The molecule has 2 unspecified atom stereocenters. The van der Waals surface area contributed by atoms with Crippen molar-refractivity contribution in [1.29, 1.82) is 0 Å². The van der Waals surface area contributed by atoms with E-state index in [4.69, 9.17) is 11.6 Å². The lowest BCUT2D eigenvalue weighted by Gasteiger charge is -2.39. The second-order valence-corrected chi connectivity index (χ2v) is 5.20. The standard InChI is InChI=1S/C14H20ClN/c1-11-7-8-16(12(2)9-11)14-6-4-3-5-13(14)10-15/h3-6,11-12H,7-10H2,1-2H3. The van der Waals surface area contributed by atoms with Gasteiger partial charge in [-0.05, 0) is 37.3 Å². The molecule has 0 radical (unpaired) electrons. The molecule has 0 aliphatic carbocycles. The molecule has 88 valence electrons. The maximum absolute atomic E-state index is 6.00. The van der Waals surface area contributed by atoms with Crippen LogP contribution in [0.2, 0.25) is 0 Å². The zero-order valence-electron chi connectivity index (χ0n) is 10.1. The molecule has 2 heteroatoms. The summed E-state index contributed by atoms with van der Waals surface area (Å²) in [6.07, 6.45) is 2.58. The van der Waals surface area contributed by atoms with Gasteiger partial charge < -0.3 is 4.90 Å². The summed E-state index contributed by atoms with van der Waals surface area (Å²) in [5.41, 5.74) is 2.59. The van der Waals surface area contributed by atoms with Crippen molar-refractivity contribution in [1.82, 2.24) is 0 Å². The molecule has 1 nitrogen and oxygen atoms in total. The second-order valence-electron chi connectivity index (χ2n) is 4.93. The predicted octanol–water partition coefficient (Wildman–Crippen LogP) is 4.05. The van der Waals surface area contributed by atoms with Crippen LogP contribution in [-0.2, 0) is 5.88 Å². The van der Waals surface area contributed by atoms with E-state index in [1.54, 1.807) is 0 Å². The lowest BCUT2D eigenvalue weighted by atomic mass is 9.92. The normalized spacial score (nSPS) is 25.8. The van der Waals surface area contributed by atoms with Gasteiger partial charge in [0.1, 0.15) is 0 Å². The second kappa shape index (κ2) is 5.09. The van der Waals surface area contributed by atoms with E-state index in [9.17, 15) is 0 Å². The Kier molecular flexibility index (Phi) is 3.75.